The molecule has 0 spiro atoms. The average molecular weight is 369 g/mol. The van der Waals surface area contributed by atoms with Gasteiger partial charge in [0.15, 0.2) is 0 Å². The third kappa shape index (κ3) is 3.44. The van der Waals surface area contributed by atoms with E-state index in [0.29, 0.717) is 28.7 Å². The molecule has 1 amide bonds. The molecule has 3 heterocycles. The molecule has 1 aromatic heterocycles. The van der Waals surface area contributed by atoms with Gasteiger partial charge in [-0.15, -0.1) is 0 Å². The van der Waals surface area contributed by atoms with Gasteiger partial charge in [-0.05, 0) is 49.9 Å². The Balaban J connectivity index is 1.58. The zero-order valence-corrected chi connectivity index (χ0v) is 15.3. The van der Waals surface area contributed by atoms with Crippen LogP contribution >= 0.6 is 0 Å². The number of hydrogen-bond donors (Lipinski definition) is 1. The summed E-state index contributed by atoms with van der Waals surface area (Å²) in [6.07, 6.45) is 3.79. The summed E-state index contributed by atoms with van der Waals surface area (Å²) in [6, 6.07) is 6.18. The lowest BCUT2D eigenvalue weighted by Crippen LogP contribution is -2.32. The Labute approximate surface area is 157 Å². The fourth-order valence-corrected chi connectivity index (χ4v) is 4.19. The molecular formula is C19H23N5O3. The molecular weight excluding hydrogens is 346 g/mol. The first-order valence-corrected chi connectivity index (χ1v) is 9.31. The van der Waals surface area contributed by atoms with Crippen molar-refractivity contribution in [2.75, 3.05) is 26.2 Å². The predicted octanol–water partition coefficient (Wildman–Crippen LogP) is 2.07. The van der Waals surface area contributed by atoms with E-state index in [2.05, 4.69) is 10.4 Å². The number of non-ortho nitro benzene ring substituents is 1. The van der Waals surface area contributed by atoms with Crippen LogP contribution < -0.4 is 5.32 Å². The maximum Gasteiger partial charge on any atom is 0.269 e. The van der Waals surface area contributed by atoms with Gasteiger partial charge in [0.25, 0.3) is 11.6 Å². The summed E-state index contributed by atoms with van der Waals surface area (Å²) in [5.74, 6) is 1.31. The number of likely N-dealkylation sites (tertiary alicyclic amines) is 1. The van der Waals surface area contributed by atoms with Gasteiger partial charge in [-0.25, -0.2) is 0 Å². The average Bonchev–Trinajstić information content (AvgIpc) is 3.22. The number of nitro benzene ring substituents is 1. The molecule has 27 heavy (non-hydrogen) atoms. The SMILES string of the molecule is Cn1cc(C(=O)N2CC[C@@H]3CNC[C@@H]3CC2)c(-c2ccc([N+](=O)[O-])cc2)n1. The highest BCUT2D eigenvalue weighted by Gasteiger charge is 2.32. The van der Waals surface area contributed by atoms with Gasteiger partial charge in [0.2, 0.25) is 0 Å². The second-order valence-corrected chi connectivity index (χ2v) is 7.42. The maximum absolute atomic E-state index is 13.2. The molecule has 0 unspecified atom stereocenters. The quantitative estimate of drug-likeness (QED) is 0.660. The molecule has 0 aliphatic carbocycles. The first-order valence-electron chi connectivity index (χ1n) is 9.31. The zero-order valence-electron chi connectivity index (χ0n) is 15.3. The molecule has 0 bridgehead atoms. The van der Waals surface area contributed by atoms with Crippen LogP contribution in [0.3, 0.4) is 0 Å². The van der Waals surface area contributed by atoms with Crippen molar-refractivity contribution in [1.29, 1.82) is 0 Å². The summed E-state index contributed by atoms with van der Waals surface area (Å²) in [5, 5.41) is 18.8. The van der Waals surface area contributed by atoms with E-state index in [0.717, 1.165) is 39.0 Å². The summed E-state index contributed by atoms with van der Waals surface area (Å²) in [4.78, 5) is 25.6. The van der Waals surface area contributed by atoms with Crippen LogP contribution in [0.2, 0.25) is 0 Å². The van der Waals surface area contributed by atoms with Gasteiger partial charge in [-0.3, -0.25) is 19.6 Å². The van der Waals surface area contributed by atoms with Crippen LogP contribution in [0.1, 0.15) is 23.2 Å². The maximum atomic E-state index is 13.2. The van der Waals surface area contributed by atoms with Crippen molar-refractivity contribution in [3.05, 3.63) is 46.1 Å². The normalized spacial score (nSPS) is 22.3. The third-order valence-corrected chi connectivity index (χ3v) is 5.72. The first kappa shape index (κ1) is 17.7. The second kappa shape index (κ2) is 7.11. The number of aryl methyl sites for hydroxylation is 1. The van der Waals surface area contributed by atoms with E-state index in [4.69, 9.17) is 0 Å². The summed E-state index contributed by atoms with van der Waals surface area (Å²) < 4.78 is 1.63. The van der Waals surface area contributed by atoms with E-state index in [1.165, 1.54) is 12.1 Å². The summed E-state index contributed by atoms with van der Waals surface area (Å²) in [6.45, 7) is 3.62. The molecule has 2 aliphatic rings. The lowest BCUT2D eigenvalue weighted by Gasteiger charge is -2.20. The van der Waals surface area contributed by atoms with Crippen LogP contribution in [0, 0.1) is 22.0 Å². The Morgan fingerprint density at radius 1 is 1.19 bits per heavy atom. The Hall–Kier alpha value is -2.74. The van der Waals surface area contributed by atoms with Crippen LogP contribution in [0.5, 0.6) is 0 Å². The molecule has 4 rings (SSSR count). The van der Waals surface area contributed by atoms with Crippen molar-refractivity contribution in [2.45, 2.75) is 12.8 Å². The molecule has 2 fully saturated rings. The Morgan fingerprint density at radius 2 is 1.81 bits per heavy atom. The van der Waals surface area contributed by atoms with E-state index in [-0.39, 0.29) is 11.6 Å². The monoisotopic (exact) mass is 369 g/mol. The van der Waals surface area contributed by atoms with E-state index in [1.54, 1.807) is 30.1 Å². The van der Waals surface area contributed by atoms with Crippen LogP contribution in [0.15, 0.2) is 30.5 Å². The van der Waals surface area contributed by atoms with Gasteiger partial charge in [-0.1, -0.05) is 0 Å². The lowest BCUT2D eigenvalue weighted by molar-refractivity contribution is -0.384. The Morgan fingerprint density at radius 3 is 2.41 bits per heavy atom. The first-order chi connectivity index (χ1) is 13.0. The van der Waals surface area contributed by atoms with E-state index < -0.39 is 4.92 Å². The molecule has 8 nitrogen and oxygen atoms in total. The highest BCUT2D eigenvalue weighted by atomic mass is 16.6. The molecule has 1 aromatic carbocycles. The van der Waals surface area contributed by atoms with Crippen molar-refractivity contribution < 1.29 is 9.72 Å². The van der Waals surface area contributed by atoms with Crippen LogP contribution in [-0.4, -0.2) is 51.7 Å². The number of rotatable bonds is 3. The molecule has 2 aromatic rings. The van der Waals surface area contributed by atoms with Crippen molar-refractivity contribution in [3.8, 4) is 11.3 Å². The third-order valence-electron chi connectivity index (χ3n) is 5.72. The van der Waals surface area contributed by atoms with Gasteiger partial charge in [0, 0.05) is 44.0 Å². The largest absolute Gasteiger partial charge is 0.339 e. The van der Waals surface area contributed by atoms with E-state index in [1.807, 2.05) is 4.90 Å². The highest BCUT2D eigenvalue weighted by Crippen LogP contribution is 2.30. The molecule has 0 saturated carbocycles. The molecule has 1 N–H and O–H groups in total. The smallest absolute Gasteiger partial charge is 0.269 e. The number of benzene rings is 1. The number of amides is 1. The molecule has 2 atom stereocenters. The van der Waals surface area contributed by atoms with Gasteiger partial charge >= 0.3 is 0 Å². The van der Waals surface area contributed by atoms with Crippen LogP contribution in [0.25, 0.3) is 11.3 Å². The number of nitro groups is 1. The Bertz CT molecular complexity index is 847. The topological polar surface area (TPSA) is 93.3 Å². The standard InChI is InChI=1S/C19H23N5O3/c1-22-12-17(18(21-22)13-2-4-16(5-3-13)24(26)27)19(25)23-8-6-14-10-20-11-15(14)7-9-23/h2-5,12,14-15,20H,6-11H2,1H3/t14-,15+. The number of carbonyl (C=O) groups is 1. The minimum Gasteiger partial charge on any atom is -0.339 e. The van der Waals surface area contributed by atoms with Gasteiger partial charge in [-0.2, -0.15) is 5.10 Å². The fourth-order valence-electron chi connectivity index (χ4n) is 4.19. The summed E-state index contributed by atoms with van der Waals surface area (Å²) in [5.41, 5.74) is 1.86. The van der Waals surface area contributed by atoms with Crippen LogP contribution in [-0.2, 0) is 7.05 Å². The van der Waals surface area contributed by atoms with Gasteiger partial charge in [0.05, 0.1) is 10.5 Å². The molecule has 8 heteroatoms. The van der Waals surface area contributed by atoms with Crippen molar-refractivity contribution in [3.63, 3.8) is 0 Å². The minimum absolute atomic E-state index is 0.00983. The Kier molecular flexibility index (Phi) is 4.65. The van der Waals surface area contributed by atoms with Gasteiger partial charge in [0.1, 0.15) is 5.69 Å². The van der Waals surface area contributed by atoms with Gasteiger partial charge < -0.3 is 10.2 Å². The molecule has 2 aliphatic heterocycles. The summed E-state index contributed by atoms with van der Waals surface area (Å²) in [7, 11) is 1.78. The minimum atomic E-state index is -0.433. The fraction of sp³-hybridized carbons (Fsp3) is 0.474. The zero-order chi connectivity index (χ0) is 19.0. The number of nitrogens with one attached hydrogen (secondary N) is 1. The number of carbonyl (C=O) groups excluding carboxylic acids is 1. The molecule has 142 valence electrons. The van der Waals surface area contributed by atoms with E-state index in [9.17, 15) is 14.9 Å². The van der Waals surface area contributed by atoms with Crippen LogP contribution in [0.4, 0.5) is 5.69 Å². The van der Waals surface area contributed by atoms with Crippen molar-refractivity contribution >= 4 is 11.6 Å². The number of fused-ring (bicyclic) bond motifs is 1. The predicted molar refractivity (Wildman–Crippen MR) is 100 cm³/mol. The highest BCUT2D eigenvalue weighted by molar-refractivity contribution is 5.99. The lowest BCUT2D eigenvalue weighted by atomic mass is 9.92. The number of nitrogens with zero attached hydrogens (tertiary/aromatic N) is 4. The molecule has 0 radical (unpaired) electrons. The van der Waals surface area contributed by atoms with Crippen molar-refractivity contribution in [2.24, 2.45) is 18.9 Å². The number of hydrogen-bond acceptors (Lipinski definition) is 5. The second-order valence-electron chi connectivity index (χ2n) is 7.42. The van der Waals surface area contributed by atoms with Crippen molar-refractivity contribution in [1.82, 2.24) is 20.0 Å². The number of aromatic nitrogens is 2. The van der Waals surface area contributed by atoms with E-state index >= 15 is 0 Å². The molecule has 2 saturated heterocycles. The summed E-state index contributed by atoms with van der Waals surface area (Å²) >= 11 is 0.